The molecule has 1 saturated carbocycles. The Morgan fingerprint density at radius 3 is 2.43 bits per heavy atom. The van der Waals surface area contributed by atoms with Crippen LogP contribution in [0.5, 0.6) is 0 Å². The van der Waals surface area contributed by atoms with Crippen molar-refractivity contribution in [3.8, 4) is 0 Å². The summed E-state index contributed by atoms with van der Waals surface area (Å²) < 4.78 is 0. The van der Waals surface area contributed by atoms with Gasteiger partial charge in [0.05, 0.1) is 0 Å². The summed E-state index contributed by atoms with van der Waals surface area (Å²) in [4.78, 5) is 33.8. The number of amides is 2. The smallest absolute Gasteiger partial charge is 0.254 e. The van der Waals surface area contributed by atoms with E-state index in [1.54, 1.807) is 0 Å². The normalized spacial score (nSPS) is 18.2. The highest BCUT2D eigenvalue weighted by Gasteiger charge is 2.24. The second-order valence-electron chi connectivity index (χ2n) is 8.33. The van der Waals surface area contributed by atoms with Gasteiger partial charge in [-0.25, -0.2) is 0 Å². The number of aromatic nitrogens is 1. The molecule has 2 aromatic rings. The first-order valence-corrected chi connectivity index (χ1v) is 11.0. The number of carbonyl (C=O) groups excluding carboxylic acids is 2. The Kier molecular flexibility index (Phi) is 6.74. The predicted molar refractivity (Wildman–Crippen MR) is 117 cm³/mol. The van der Waals surface area contributed by atoms with Crippen LogP contribution in [-0.4, -0.2) is 52.8 Å². The highest BCUT2D eigenvalue weighted by molar-refractivity contribution is 5.97. The lowest BCUT2D eigenvalue weighted by molar-refractivity contribution is -0.120. The average Bonchev–Trinajstić information content (AvgIpc) is 2.80. The van der Waals surface area contributed by atoms with Crippen LogP contribution in [0.25, 0.3) is 0 Å². The minimum atomic E-state index is 0.0346. The molecule has 2 heterocycles. The molecule has 2 amide bonds. The van der Waals surface area contributed by atoms with Crippen molar-refractivity contribution in [3.05, 3.63) is 59.9 Å². The molecule has 0 atom stereocenters. The number of hydrogen-bond donors (Lipinski definition) is 1. The van der Waals surface area contributed by atoms with Gasteiger partial charge >= 0.3 is 0 Å². The number of nitrogens with zero attached hydrogens (tertiary/aromatic N) is 3. The highest BCUT2D eigenvalue weighted by atomic mass is 16.2. The zero-order valence-corrected chi connectivity index (χ0v) is 17.4. The fourth-order valence-corrected chi connectivity index (χ4v) is 4.38. The lowest BCUT2D eigenvalue weighted by Crippen LogP contribution is -2.48. The summed E-state index contributed by atoms with van der Waals surface area (Å²) in [6, 6.07) is 11.4. The summed E-state index contributed by atoms with van der Waals surface area (Å²) in [5.74, 6) is 0.225. The Labute approximate surface area is 178 Å². The van der Waals surface area contributed by atoms with E-state index in [2.05, 4.69) is 15.2 Å². The van der Waals surface area contributed by atoms with Gasteiger partial charge in [0.1, 0.15) is 0 Å². The number of piperazine rings is 1. The van der Waals surface area contributed by atoms with E-state index in [9.17, 15) is 9.59 Å². The Morgan fingerprint density at radius 1 is 0.967 bits per heavy atom. The first kappa shape index (κ1) is 20.5. The SMILES string of the molecule is O=C(Nc1cccc(C(=O)N2CCN(Cc3ccncc3)CC2)c1)C1CCCCC1. The van der Waals surface area contributed by atoms with Crippen LogP contribution in [-0.2, 0) is 11.3 Å². The van der Waals surface area contributed by atoms with Crippen molar-refractivity contribution in [1.29, 1.82) is 0 Å². The number of hydrogen-bond acceptors (Lipinski definition) is 4. The Hall–Kier alpha value is -2.73. The summed E-state index contributed by atoms with van der Waals surface area (Å²) in [5.41, 5.74) is 2.60. The van der Waals surface area contributed by atoms with Crippen molar-refractivity contribution in [3.63, 3.8) is 0 Å². The molecule has 1 N–H and O–H groups in total. The predicted octanol–water partition coefficient (Wildman–Crippen LogP) is 3.56. The monoisotopic (exact) mass is 406 g/mol. The average molecular weight is 407 g/mol. The van der Waals surface area contributed by atoms with Crippen molar-refractivity contribution in [1.82, 2.24) is 14.8 Å². The van der Waals surface area contributed by atoms with Crippen LogP contribution in [0.3, 0.4) is 0 Å². The minimum absolute atomic E-state index is 0.0346. The van der Waals surface area contributed by atoms with Gasteiger partial charge in [0.15, 0.2) is 0 Å². The molecule has 1 aliphatic heterocycles. The molecule has 4 rings (SSSR count). The van der Waals surface area contributed by atoms with Crippen molar-refractivity contribution in [2.45, 2.75) is 38.6 Å². The van der Waals surface area contributed by atoms with Crippen LogP contribution in [0.4, 0.5) is 5.69 Å². The molecule has 1 saturated heterocycles. The molecule has 30 heavy (non-hydrogen) atoms. The molecule has 1 aromatic heterocycles. The second-order valence-corrected chi connectivity index (χ2v) is 8.33. The molecular weight excluding hydrogens is 376 g/mol. The number of rotatable bonds is 5. The first-order valence-electron chi connectivity index (χ1n) is 11.0. The van der Waals surface area contributed by atoms with Gasteiger partial charge in [-0.05, 0) is 48.7 Å². The molecule has 1 aliphatic carbocycles. The van der Waals surface area contributed by atoms with Gasteiger partial charge in [-0.1, -0.05) is 25.3 Å². The van der Waals surface area contributed by atoms with E-state index >= 15 is 0 Å². The van der Waals surface area contributed by atoms with Gasteiger partial charge in [0.2, 0.25) is 5.91 Å². The third kappa shape index (κ3) is 5.25. The largest absolute Gasteiger partial charge is 0.336 e. The van der Waals surface area contributed by atoms with Crippen molar-refractivity contribution in [2.75, 3.05) is 31.5 Å². The van der Waals surface area contributed by atoms with Gasteiger partial charge in [0.25, 0.3) is 5.91 Å². The molecule has 6 nitrogen and oxygen atoms in total. The van der Waals surface area contributed by atoms with Crippen molar-refractivity contribution >= 4 is 17.5 Å². The number of benzene rings is 1. The van der Waals surface area contributed by atoms with E-state index in [4.69, 9.17) is 0 Å². The van der Waals surface area contributed by atoms with Gasteiger partial charge < -0.3 is 10.2 Å². The Bertz CT molecular complexity index is 857. The zero-order valence-electron chi connectivity index (χ0n) is 17.4. The number of anilines is 1. The molecule has 0 bridgehead atoms. The van der Waals surface area contributed by atoms with E-state index in [1.165, 1.54) is 12.0 Å². The van der Waals surface area contributed by atoms with E-state index in [0.29, 0.717) is 24.3 Å². The molecule has 0 unspecified atom stereocenters. The third-order valence-corrected chi connectivity index (χ3v) is 6.17. The molecule has 0 radical (unpaired) electrons. The van der Waals surface area contributed by atoms with E-state index in [-0.39, 0.29) is 17.7 Å². The number of carbonyl (C=O) groups is 2. The second kappa shape index (κ2) is 9.85. The van der Waals surface area contributed by atoms with Crippen LogP contribution in [0.2, 0.25) is 0 Å². The summed E-state index contributed by atoms with van der Waals surface area (Å²) in [6.45, 7) is 4.01. The van der Waals surface area contributed by atoms with E-state index < -0.39 is 0 Å². The van der Waals surface area contributed by atoms with Gasteiger partial charge in [0, 0.05) is 62.3 Å². The topological polar surface area (TPSA) is 65.5 Å². The minimum Gasteiger partial charge on any atom is -0.336 e. The third-order valence-electron chi connectivity index (χ3n) is 6.17. The quantitative estimate of drug-likeness (QED) is 0.825. The van der Waals surface area contributed by atoms with Gasteiger partial charge in [-0.3, -0.25) is 19.5 Å². The summed E-state index contributed by atoms with van der Waals surface area (Å²) in [6.07, 6.45) is 9.05. The maximum atomic E-state index is 13.0. The molecule has 2 aliphatic rings. The van der Waals surface area contributed by atoms with Crippen LogP contribution < -0.4 is 5.32 Å². The van der Waals surface area contributed by atoms with Crippen molar-refractivity contribution < 1.29 is 9.59 Å². The molecule has 0 spiro atoms. The number of nitrogens with one attached hydrogen (secondary N) is 1. The molecule has 1 aromatic carbocycles. The van der Waals surface area contributed by atoms with Crippen LogP contribution in [0.15, 0.2) is 48.8 Å². The van der Waals surface area contributed by atoms with Crippen molar-refractivity contribution in [2.24, 2.45) is 5.92 Å². The summed E-state index contributed by atoms with van der Waals surface area (Å²) in [5, 5.41) is 3.02. The van der Waals surface area contributed by atoms with Crippen LogP contribution in [0, 0.1) is 5.92 Å². The highest BCUT2D eigenvalue weighted by Crippen LogP contribution is 2.25. The van der Waals surface area contributed by atoms with Crippen LogP contribution >= 0.6 is 0 Å². The van der Waals surface area contributed by atoms with Crippen LogP contribution in [0.1, 0.15) is 48.0 Å². The fraction of sp³-hybridized carbons (Fsp3) is 0.458. The molecule has 2 fully saturated rings. The standard InChI is InChI=1S/C24H30N4O2/c29-23(20-5-2-1-3-6-20)26-22-8-4-7-21(17-22)24(30)28-15-13-27(14-16-28)18-19-9-11-25-12-10-19/h4,7-12,17,20H,1-3,5-6,13-16,18H2,(H,26,29). The Balaban J connectivity index is 1.31. The summed E-state index contributed by atoms with van der Waals surface area (Å²) in [7, 11) is 0. The molecule has 6 heteroatoms. The maximum Gasteiger partial charge on any atom is 0.254 e. The van der Waals surface area contributed by atoms with E-state index in [1.807, 2.05) is 53.7 Å². The fourth-order valence-electron chi connectivity index (χ4n) is 4.38. The van der Waals surface area contributed by atoms with Gasteiger partial charge in [-0.2, -0.15) is 0 Å². The maximum absolute atomic E-state index is 13.0. The zero-order chi connectivity index (χ0) is 20.8. The Morgan fingerprint density at radius 2 is 1.70 bits per heavy atom. The van der Waals surface area contributed by atoms with Gasteiger partial charge in [-0.15, -0.1) is 0 Å². The number of pyridine rings is 1. The molecular formula is C24H30N4O2. The first-order chi connectivity index (χ1) is 14.7. The summed E-state index contributed by atoms with van der Waals surface area (Å²) >= 11 is 0. The lowest BCUT2D eigenvalue weighted by atomic mass is 9.88. The molecule has 158 valence electrons. The lowest BCUT2D eigenvalue weighted by Gasteiger charge is -2.34. The van der Waals surface area contributed by atoms with E-state index in [0.717, 1.165) is 45.3 Å².